The van der Waals surface area contributed by atoms with Gasteiger partial charge in [0.15, 0.2) is 6.61 Å². The molecule has 9 nitrogen and oxygen atoms in total. The van der Waals surface area contributed by atoms with Crippen LogP contribution in [0.4, 0.5) is 9.18 Å². The van der Waals surface area contributed by atoms with Crippen molar-refractivity contribution in [3.63, 3.8) is 0 Å². The number of carbonyl (C=O) groups is 3. The predicted octanol–water partition coefficient (Wildman–Crippen LogP) is -0.0530. The number of rotatable bonds is 5. The van der Waals surface area contributed by atoms with Gasteiger partial charge in [-0.25, -0.2) is 27.2 Å². The summed E-state index contributed by atoms with van der Waals surface area (Å²) in [4.78, 5) is 36.9. The molecule has 3 amide bonds. The number of hydrogen-bond acceptors (Lipinski definition) is 6. The fourth-order valence-corrected chi connectivity index (χ4v) is 3.78. The van der Waals surface area contributed by atoms with Crippen molar-refractivity contribution in [2.24, 2.45) is 0 Å². The van der Waals surface area contributed by atoms with Crippen molar-refractivity contribution in [3.05, 3.63) is 29.0 Å². The fourth-order valence-electron chi connectivity index (χ4n) is 2.54. The van der Waals surface area contributed by atoms with Gasteiger partial charge in [-0.3, -0.25) is 9.59 Å². The lowest BCUT2D eigenvalue weighted by molar-refractivity contribution is -0.141. The molecule has 140 valence electrons. The molecule has 0 aromatic heterocycles. The number of nitrogens with zero attached hydrogens (tertiary/aromatic N) is 2. The van der Waals surface area contributed by atoms with Crippen LogP contribution in [-0.4, -0.2) is 68.4 Å². The molecule has 3 rings (SSSR count). The van der Waals surface area contributed by atoms with Crippen LogP contribution in [0.3, 0.4) is 0 Å². The number of halogens is 2. The average molecular weight is 406 g/mol. The lowest BCUT2D eigenvalue weighted by Gasteiger charge is -2.41. The summed E-state index contributed by atoms with van der Waals surface area (Å²) in [6, 6.07) is 2.39. The van der Waals surface area contributed by atoms with Crippen molar-refractivity contribution in [1.82, 2.24) is 14.5 Å². The van der Waals surface area contributed by atoms with Gasteiger partial charge in [0.25, 0.3) is 5.91 Å². The Kier molecular flexibility index (Phi) is 4.86. The Morgan fingerprint density at radius 1 is 1.35 bits per heavy atom. The zero-order chi connectivity index (χ0) is 19.1. The minimum Gasteiger partial charge on any atom is -0.439 e. The smallest absolute Gasteiger partial charge is 0.417 e. The topological polar surface area (TPSA) is 113 Å². The van der Waals surface area contributed by atoms with Gasteiger partial charge in [0.1, 0.15) is 5.82 Å². The Morgan fingerprint density at radius 3 is 2.62 bits per heavy atom. The Balaban J connectivity index is 1.54. The summed E-state index contributed by atoms with van der Waals surface area (Å²) in [5, 5.41) is -0.355. The summed E-state index contributed by atoms with van der Waals surface area (Å²) in [6.45, 7) is -0.640. The highest BCUT2D eigenvalue weighted by molar-refractivity contribution is 7.89. The number of likely N-dealkylation sites (tertiary alicyclic amines) is 1. The second-order valence-electron chi connectivity index (χ2n) is 5.67. The number of imide groups is 1. The molecule has 0 atom stereocenters. The van der Waals surface area contributed by atoms with Crippen LogP contribution in [0.5, 0.6) is 0 Å². The van der Waals surface area contributed by atoms with Gasteiger partial charge in [-0.05, 0) is 18.2 Å². The highest BCUT2D eigenvalue weighted by atomic mass is 35.5. The number of ether oxygens (including phenoxy) is 1. The standard InChI is InChI=1S/C14H13ClFN3O6S/c15-10-3-9(1-2-11(10)16)26(23,24)17-4-12(20)18-5-8(6-18)19-13(21)7-25-14(19)22/h1-3,8,17H,4-7H2. The van der Waals surface area contributed by atoms with E-state index in [1.807, 2.05) is 0 Å². The van der Waals surface area contributed by atoms with E-state index in [9.17, 15) is 27.2 Å². The van der Waals surface area contributed by atoms with Crippen molar-refractivity contribution < 1.29 is 31.9 Å². The van der Waals surface area contributed by atoms with Gasteiger partial charge in [-0.15, -0.1) is 0 Å². The van der Waals surface area contributed by atoms with Crippen LogP contribution in [-0.2, 0) is 24.3 Å². The maximum atomic E-state index is 13.1. The molecule has 0 aliphatic carbocycles. The lowest BCUT2D eigenvalue weighted by Crippen LogP contribution is -2.63. The van der Waals surface area contributed by atoms with Crippen molar-refractivity contribution in [3.8, 4) is 0 Å². The Bertz CT molecular complexity index is 871. The summed E-state index contributed by atoms with van der Waals surface area (Å²) >= 11 is 5.55. The van der Waals surface area contributed by atoms with Gasteiger partial charge in [-0.2, -0.15) is 0 Å². The van der Waals surface area contributed by atoms with Crippen LogP contribution in [0.2, 0.25) is 5.02 Å². The molecule has 0 radical (unpaired) electrons. The summed E-state index contributed by atoms with van der Waals surface area (Å²) in [6.07, 6.45) is -0.749. The highest BCUT2D eigenvalue weighted by Crippen LogP contribution is 2.21. The first-order valence-corrected chi connectivity index (χ1v) is 9.26. The average Bonchev–Trinajstić information content (AvgIpc) is 2.86. The first-order valence-electron chi connectivity index (χ1n) is 7.40. The van der Waals surface area contributed by atoms with E-state index < -0.39 is 46.3 Å². The van der Waals surface area contributed by atoms with E-state index in [-0.39, 0.29) is 29.6 Å². The third-order valence-electron chi connectivity index (χ3n) is 3.98. The van der Waals surface area contributed by atoms with E-state index in [0.29, 0.717) is 0 Å². The van der Waals surface area contributed by atoms with Gasteiger partial charge in [0.2, 0.25) is 15.9 Å². The van der Waals surface area contributed by atoms with Crippen LogP contribution in [0.25, 0.3) is 0 Å². The van der Waals surface area contributed by atoms with Crippen molar-refractivity contribution in [2.75, 3.05) is 26.2 Å². The van der Waals surface area contributed by atoms with E-state index in [1.165, 1.54) is 4.90 Å². The number of nitrogens with one attached hydrogen (secondary N) is 1. The van der Waals surface area contributed by atoms with E-state index in [2.05, 4.69) is 9.46 Å². The van der Waals surface area contributed by atoms with Gasteiger partial charge in [0.05, 0.1) is 22.5 Å². The van der Waals surface area contributed by atoms with Gasteiger partial charge in [0, 0.05) is 13.1 Å². The minimum atomic E-state index is -4.05. The third kappa shape index (κ3) is 3.50. The number of benzene rings is 1. The molecule has 0 bridgehead atoms. The fraction of sp³-hybridized carbons (Fsp3) is 0.357. The molecule has 1 aromatic carbocycles. The van der Waals surface area contributed by atoms with E-state index in [4.69, 9.17) is 11.6 Å². The van der Waals surface area contributed by atoms with Gasteiger partial charge >= 0.3 is 6.09 Å². The van der Waals surface area contributed by atoms with Crippen LogP contribution < -0.4 is 4.72 Å². The zero-order valence-corrected chi connectivity index (χ0v) is 14.7. The van der Waals surface area contributed by atoms with Gasteiger partial charge < -0.3 is 9.64 Å². The highest BCUT2D eigenvalue weighted by Gasteiger charge is 2.44. The third-order valence-corrected chi connectivity index (χ3v) is 5.67. The summed E-state index contributed by atoms with van der Waals surface area (Å²) in [5.74, 6) is -1.76. The zero-order valence-electron chi connectivity index (χ0n) is 13.1. The number of cyclic esters (lactones) is 1. The largest absolute Gasteiger partial charge is 0.439 e. The molecule has 2 saturated heterocycles. The molecular weight excluding hydrogens is 393 g/mol. The maximum Gasteiger partial charge on any atom is 0.417 e. The molecule has 0 spiro atoms. The molecule has 2 fully saturated rings. The number of amides is 3. The molecule has 2 aliphatic heterocycles. The molecule has 26 heavy (non-hydrogen) atoms. The normalized spacial score (nSPS) is 18.1. The minimum absolute atomic E-state index is 0.101. The van der Waals surface area contributed by atoms with Crippen LogP contribution in [0, 0.1) is 5.82 Å². The van der Waals surface area contributed by atoms with E-state index in [0.717, 1.165) is 23.1 Å². The predicted molar refractivity (Wildman–Crippen MR) is 85.2 cm³/mol. The van der Waals surface area contributed by atoms with Crippen molar-refractivity contribution in [2.45, 2.75) is 10.9 Å². The molecule has 2 aliphatic rings. The summed E-state index contributed by atoms with van der Waals surface area (Å²) in [7, 11) is -4.05. The second-order valence-corrected chi connectivity index (χ2v) is 7.85. The molecule has 1 aromatic rings. The van der Waals surface area contributed by atoms with Crippen LogP contribution in [0.1, 0.15) is 0 Å². The molecular formula is C14H13ClFN3O6S. The van der Waals surface area contributed by atoms with Crippen LogP contribution in [0.15, 0.2) is 23.1 Å². The monoisotopic (exact) mass is 405 g/mol. The second kappa shape index (κ2) is 6.82. The summed E-state index contributed by atoms with van der Waals surface area (Å²) in [5.41, 5.74) is 0. The molecule has 1 N–H and O–H groups in total. The Hall–Kier alpha value is -2.24. The van der Waals surface area contributed by atoms with Crippen LogP contribution >= 0.6 is 11.6 Å². The Morgan fingerprint density at radius 2 is 2.04 bits per heavy atom. The SMILES string of the molecule is O=C(CNS(=O)(=O)c1ccc(F)c(Cl)c1)N1CC(N2C(=O)COC2=O)C1. The van der Waals surface area contributed by atoms with Gasteiger partial charge in [-0.1, -0.05) is 11.6 Å². The Labute approximate surface area is 152 Å². The molecule has 2 heterocycles. The van der Waals surface area contributed by atoms with E-state index in [1.54, 1.807) is 0 Å². The van der Waals surface area contributed by atoms with Crippen molar-refractivity contribution >= 4 is 39.5 Å². The molecule has 0 unspecified atom stereocenters. The number of carbonyl (C=O) groups excluding carboxylic acids is 3. The van der Waals surface area contributed by atoms with E-state index >= 15 is 0 Å². The number of sulfonamides is 1. The summed E-state index contributed by atoms with van der Waals surface area (Å²) < 4.78 is 44.0. The molecule has 0 saturated carbocycles. The van der Waals surface area contributed by atoms with Crippen molar-refractivity contribution in [1.29, 1.82) is 0 Å². The number of hydrogen-bond donors (Lipinski definition) is 1. The quantitative estimate of drug-likeness (QED) is 0.734. The maximum absolute atomic E-state index is 13.1. The molecule has 12 heteroatoms. The first kappa shape index (κ1) is 18.5. The lowest BCUT2D eigenvalue weighted by atomic mass is 10.1. The first-order chi connectivity index (χ1) is 12.2.